The maximum Gasteiger partial charge on any atom is 0.250 e. The number of amides is 2. The topological polar surface area (TPSA) is 95.6 Å². The third-order valence-corrected chi connectivity index (χ3v) is 6.92. The minimum absolute atomic E-state index is 0.107. The summed E-state index contributed by atoms with van der Waals surface area (Å²) in [6.07, 6.45) is 0.807. The second kappa shape index (κ2) is 5.64. The Bertz CT molecular complexity index is 686. The fourth-order valence-electron chi connectivity index (χ4n) is 2.90. The number of rotatable bonds is 3. The minimum atomic E-state index is -3.56. The van der Waals surface area contributed by atoms with E-state index in [0.717, 1.165) is 11.3 Å². The normalized spacial score (nSPS) is 29.1. The summed E-state index contributed by atoms with van der Waals surface area (Å²) in [5.74, 6) is -0.323. The Morgan fingerprint density at radius 2 is 2.18 bits per heavy atom. The molecule has 0 aliphatic carbocycles. The van der Waals surface area contributed by atoms with Crippen molar-refractivity contribution in [2.24, 2.45) is 0 Å². The standard InChI is InChI=1S/C13H17N3O4S2/c1-8-13(18)16-5-4-9(7-10(16)12(17)14-8)15-22(19,20)11-3-2-6-21-11/h2-3,6,8-10,15H,4-5,7H2,1H3,(H,14,17). The molecule has 0 bridgehead atoms. The molecule has 2 aliphatic rings. The van der Waals surface area contributed by atoms with Gasteiger partial charge in [0.2, 0.25) is 21.8 Å². The van der Waals surface area contributed by atoms with Gasteiger partial charge < -0.3 is 10.2 Å². The number of hydrogen-bond donors (Lipinski definition) is 2. The molecule has 0 aromatic carbocycles. The molecule has 7 nitrogen and oxygen atoms in total. The van der Waals surface area contributed by atoms with Crippen molar-refractivity contribution in [2.45, 2.75) is 42.1 Å². The van der Waals surface area contributed by atoms with Crippen LogP contribution in [0.2, 0.25) is 0 Å². The largest absolute Gasteiger partial charge is 0.343 e. The van der Waals surface area contributed by atoms with Crippen LogP contribution >= 0.6 is 11.3 Å². The van der Waals surface area contributed by atoms with Gasteiger partial charge in [-0.25, -0.2) is 13.1 Å². The molecule has 2 fully saturated rings. The van der Waals surface area contributed by atoms with Gasteiger partial charge in [-0.1, -0.05) is 6.07 Å². The Balaban J connectivity index is 1.72. The van der Waals surface area contributed by atoms with Crippen molar-refractivity contribution in [2.75, 3.05) is 6.54 Å². The monoisotopic (exact) mass is 343 g/mol. The first-order valence-electron chi connectivity index (χ1n) is 7.05. The minimum Gasteiger partial charge on any atom is -0.343 e. The first-order chi connectivity index (χ1) is 10.4. The van der Waals surface area contributed by atoms with E-state index in [1.54, 1.807) is 29.3 Å². The van der Waals surface area contributed by atoms with Crippen molar-refractivity contribution in [3.63, 3.8) is 0 Å². The van der Waals surface area contributed by atoms with Gasteiger partial charge in [-0.2, -0.15) is 0 Å². The van der Waals surface area contributed by atoms with Crippen LogP contribution in [0.1, 0.15) is 19.8 Å². The molecule has 2 saturated heterocycles. The van der Waals surface area contributed by atoms with Crippen molar-refractivity contribution in [1.29, 1.82) is 0 Å². The number of nitrogens with one attached hydrogen (secondary N) is 2. The van der Waals surface area contributed by atoms with Gasteiger partial charge in [0.05, 0.1) is 0 Å². The van der Waals surface area contributed by atoms with Gasteiger partial charge in [-0.05, 0) is 31.2 Å². The smallest absolute Gasteiger partial charge is 0.250 e. The number of fused-ring (bicyclic) bond motifs is 1. The third kappa shape index (κ3) is 2.75. The Labute approximate surface area is 132 Å². The van der Waals surface area contributed by atoms with E-state index in [1.165, 1.54) is 0 Å². The van der Waals surface area contributed by atoms with Gasteiger partial charge in [-0.15, -0.1) is 11.3 Å². The summed E-state index contributed by atoms with van der Waals surface area (Å²) in [5.41, 5.74) is 0. The summed E-state index contributed by atoms with van der Waals surface area (Å²) in [7, 11) is -3.56. The number of piperazine rings is 1. The van der Waals surface area contributed by atoms with Crippen LogP contribution in [-0.4, -0.2) is 49.8 Å². The molecule has 1 aromatic heterocycles. The molecular weight excluding hydrogens is 326 g/mol. The van der Waals surface area contributed by atoms with E-state index < -0.39 is 22.1 Å². The van der Waals surface area contributed by atoms with Crippen LogP contribution in [0.15, 0.2) is 21.7 Å². The summed E-state index contributed by atoms with van der Waals surface area (Å²) in [5, 5.41) is 4.33. The van der Waals surface area contributed by atoms with E-state index in [0.29, 0.717) is 19.4 Å². The SMILES string of the molecule is CC1NC(=O)C2CC(NS(=O)(=O)c3cccs3)CCN2C1=O. The van der Waals surface area contributed by atoms with Gasteiger partial charge >= 0.3 is 0 Å². The lowest BCUT2D eigenvalue weighted by Gasteiger charge is -2.43. The van der Waals surface area contributed by atoms with Gasteiger partial charge in [0.1, 0.15) is 16.3 Å². The van der Waals surface area contributed by atoms with Crippen LogP contribution in [0.4, 0.5) is 0 Å². The van der Waals surface area contributed by atoms with Crippen molar-refractivity contribution in [1.82, 2.24) is 14.9 Å². The third-order valence-electron chi connectivity index (χ3n) is 4.00. The lowest BCUT2D eigenvalue weighted by Crippen LogP contribution is -2.66. The van der Waals surface area contributed by atoms with Crippen LogP contribution in [0, 0.1) is 0 Å². The lowest BCUT2D eigenvalue weighted by molar-refractivity contribution is -0.151. The number of nitrogens with zero attached hydrogens (tertiary/aromatic N) is 1. The number of piperidine rings is 1. The molecule has 3 rings (SSSR count). The molecule has 3 atom stereocenters. The van der Waals surface area contributed by atoms with Gasteiger partial charge in [0.15, 0.2) is 0 Å². The Kier molecular flexibility index (Phi) is 3.96. The highest BCUT2D eigenvalue weighted by atomic mass is 32.2. The highest BCUT2D eigenvalue weighted by Crippen LogP contribution is 2.24. The zero-order valence-electron chi connectivity index (χ0n) is 12.0. The average molecular weight is 343 g/mol. The van der Waals surface area contributed by atoms with Crippen molar-refractivity contribution in [3.05, 3.63) is 17.5 Å². The fourth-order valence-corrected chi connectivity index (χ4v) is 5.19. The van der Waals surface area contributed by atoms with E-state index >= 15 is 0 Å². The number of carbonyl (C=O) groups is 2. The predicted octanol–water partition coefficient (Wildman–Crippen LogP) is -0.0957. The molecule has 1 aromatic rings. The Hall–Kier alpha value is -1.45. The first-order valence-corrected chi connectivity index (χ1v) is 9.41. The summed E-state index contributed by atoms with van der Waals surface area (Å²) in [6, 6.07) is 1.77. The maximum atomic E-state index is 12.2. The summed E-state index contributed by atoms with van der Waals surface area (Å²) in [6.45, 7) is 2.04. The molecule has 2 amide bonds. The number of carbonyl (C=O) groups excluding carboxylic acids is 2. The van der Waals surface area contributed by atoms with Crippen LogP contribution in [0.5, 0.6) is 0 Å². The van der Waals surface area contributed by atoms with E-state index in [9.17, 15) is 18.0 Å². The molecule has 2 N–H and O–H groups in total. The van der Waals surface area contributed by atoms with E-state index in [-0.39, 0.29) is 22.1 Å². The van der Waals surface area contributed by atoms with Gasteiger partial charge in [-0.3, -0.25) is 9.59 Å². The molecule has 120 valence electrons. The quantitative estimate of drug-likeness (QED) is 0.801. The molecule has 0 saturated carbocycles. The average Bonchev–Trinajstić information content (AvgIpc) is 2.99. The fraction of sp³-hybridized carbons (Fsp3) is 0.538. The van der Waals surface area contributed by atoms with Crippen molar-refractivity contribution < 1.29 is 18.0 Å². The maximum absolute atomic E-state index is 12.2. The molecule has 0 spiro atoms. The molecular formula is C13H17N3O4S2. The van der Waals surface area contributed by atoms with Crippen LogP contribution in [-0.2, 0) is 19.6 Å². The highest BCUT2D eigenvalue weighted by Gasteiger charge is 2.43. The summed E-state index contributed by atoms with van der Waals surface area (Å²) < 4.78 is 27.4. The number of thiophene rings is 1. The molecule has 9 heteroatoms. The zero-order valence-corrected chi connectivity index (χ0v) is 13.6. The van der Waals surface area contributed by atoms with Crippen LogP contribution < -0.4 is 10.0 Å². The first kappa shape index (κ1) is 15.4. The molecule has 3 unspecified atom stereocenters. The van der Waals surface area contributed by atoms with Gasteiger partial charge in [0, 0.05) is 12.6 Å². The number of hydrogen-bond acceptors (Lipinski definition) is 5. The molecule has 3 heterocycles. The Morgan fingerprint density at radius 1 is 1.41 bits per heavy atom. The highest BCUT2D eigenvalue weighted by molar-refractivity contribution is 7.91. The Morgan fingerprint density at radius 3 is 2.86 bits per heavy atom. The molecule has 22 heavy (non-hydrogen) atoms. The second-order valence-corrected chi connectivity index (χ2v) is 8.44. The van der Waals surface area contributed by atoms with Crippen LogP contribution in [0.25, 0.3) is 0 Å². The summed E-state index contributed by atoms with van der Waals surface area (Å²) in [4.78, 5) is 25.7. The van der Waals surface area contributed by atoms with E-state index in [2.05, 4.69) is 10.0 Å². The zero-order chi connectivity index (χ0) is 15.9. The molecule has 0 radical (unpaired) electrons. The van der Waals surface area contributed by atoms with E-state index in [1.807, 2.05) is 0 Å². The molecule has 2 aliphatic heterocycles. The predicted molar refractivity (Wildman–Crippen MR) is 80.8 cm³/mol. The van der Waals surface area contributed by atoms with Crippen molar-refractivity contribution in [3.8, 4) is 0 Å². The van der Waals surface area contributed by atoms with Crippen molar-refractivity contribution >= 4 is 33.2 Å². The van der Waals surface area contributed by atoms with Gasteiger partial charge in [0.25, 0.3) is 0 Å². The second-order valence-electron chi connectivity index (χ2n) is 5.55. The summed E-state index contributed by atoms with van der Waals surface area (Å²) >= 11 is 1.15. The lowest BCUT2D eigenvalue weighted by atomic mass is 9.94. The van der Waals surface area contributed by atoms with Crippen LogP contribution in [0.3, 0.4) is 0 Å². The number of sulfonamides is 1. The van der Waals surface area contributed by atoms with E-state index in [4.69, 9.17) is 0 Å².